The molecule has 0 bridgehead atoms. The van der Waals surface area contributed by atoms with Crippen LogP contribution in [0.3, 0.4) is 0 Å². The second kappa shape index (κ2) is 6.59. The van der Waals surface area contributed by atoms with Gasteiger partial charge in [-0.05, 0) is 28.0 Å². The Hall–Kier alpha value is -3.86. The third kappa shape index (κ3) is 2.70. The number of rotatable bonds is 3. The van der Waals surface area contributed by atoms with Gasteiger partial charge in [0.25, 0.3) is 0 Å². The SMILES string of the molecule is O=C(OC1Cc2ccccc2C1)c1c(-c2ccc3ccccc3c2)nc2occn12. The van der Waals surface area contributed by atoms with Crippen molar-refractivity contribution in [2.45, 2.75) is 18.9 Å². The Morgan fingerprint density at radius 2 is 1.70 bits per heavy atom. The fourth-order valence-electron chi connectivity index (χ4n) is 4.33. The van der Waals surface area contributed by atoms with E-state index < -0.39 is 0 Å². The Labute approximate surface area is 172 Å². The highest BCUT2D eigenvalue weighted by atomic mass is 16.5. The van der Waals surface area contributed by atoms with Crippen LogP contribution in [-0.4, -0.2) is 21.5 Å². The molecule has 0 N–H and O–H groups in total. The summed E-state index contributed by atoms with van der Waals surface area (Å²) >= 11 is 0. The van der Waals surface area contributed by atoms with Crippen molar-refractivity contribution in [3.05, 3.63) is 96.0 Å². The molecule has 0 aliphatic heterocycles. The molecule has 146 valence electrons. The van der Waals surface area contributed by atoms with Crippen molar-refractivity contribution in [1.82, 2.24) is 9.38 Å². The molecule has 1 aliphatic rings. The minimum Gasteiger partial charge on any atom is -0.457 e. The van der Waals surface area contributed by atoms with Crippen LogP contribution < -0.4 is 0 Å². The summed E-state index contributed by atoms with van der Waals surface area (Å²) < 4.78 is 13.0. The van der Waals surface area contributed by atoms with E-state index in [1.54, 1.807) is 10.6 Å². The lowest BCUT2D eigenvalue weighted by Crippen LogP contribution is -2.20. The van der Waals surface area contributed by atoms with E-state index in [1.165, 1.54) is 17.4 Å². The second-order valence-corrected chi connectivity index (χ2v) is 7.63. The van der Waals surface area contributed by atoms with Crippen molar-refractivity contribution < 1.29 is 13.9 Å². The Bertz CT molecular complexity index is 1390. The molecule has 0 saturated carbocycles. The molecule has 1 aliphatic carbocycles. The van der Waals surface area contributed by atoms with E-state index in [1.807, 2.05) is 48.5 Å². The molecule has 5 heteroatoms. The summed E-state index contributed by atoms with van der Waals surface area (Å²) in [4.78, 5) is 17.8. The summed E-state index contributed by atoms with van der Waals surface area (Å²) in [7, 11) is 0. The first-order valence-electron chi connectivity index (χ1n) is 9.99. The van der Waals surface area contributed by atoms with Crippen LogP contribution in [0.4, 0.5) is 0 Å². The number of fused-ring (bicyclic) bond motifs is 3. The largest absolute Gasteiger partial charge is 0.457 e. The van der Waals surface area contributed by atoms with Gasteiger partial charge in [0.2, 0.25) is 0 Å². The van der Waals surface area contributed by atoms with Gasteiger partial charge in [-0.25, -0.2) is 4.79 Å². The highest BCUT2D eigenvalue weighted by molar-refractivity contribution is 5.97. The Morgan fingerprint density at radius 3 is 2.50 bits per heavy atom. The zero-order valence-electron chi connectivity index (χ0n) is 16.1. The quantitative estimate of drug-likeness (QED) is 0.401. The Balaban J connectivity index is 1.38. The maximum atomic E-state index is 13.3. The minimum absolute atomic E-state index is 0.170. The molecule has 0 radical (unpaired) electrons. The van der Waals surface area contributed by atoms with Gasteiger partial charge >= 0.3 is 11.8 Å². The fourth-order valence-corrected chi connectivity index (χ4v) is 4.33. The zero-order chi connectivity index (χ0) is 20.1. The number of carbonyl (C=O) groups is 1. The number of carbonyl (C=O) groups excluding carboxylic acids is 1. The van der Waals surface area contributed by atoms with Gasteiger partial charge in [-0.2, -0.15) is 4.98 Å². The van der Waals surface area contributed by atoms with E-state index >= 15 is 0 Å². The van der Waals surface area contributed by atoms with Crippen LogP contribution in [-0.2, 0) is 17.6 Å². The lowest BCUT2D eigenvalue weighted by molar-refractivity contribution is 0.0318. The van der Waals surface area contributed by atoms with Gasteiger partial charge in [0.05, 0.1) is 0 Å². The van der Waals surface area contributed by atoms with Crippen molar-refractivity contribution >= 4 is 22.6 Å². The number of esters is 1. The topological polar surface area (TPSA) is 56.7 Å². The first kappa shape index (κ1) is 17.0. The first-order chi connectivity index (χ1) is 14.8. The van der Waals surface area contributed by atoms with Gasteiger partial charge in [-0.1, -0.05) is 60.7 Å². The highest BCUT2D eigenvalue weighted by Crippen LogP contribution is 2.30. The van der Waals surface area contributed by atoms with Crippen molar-refractivity contribution in [1.29, 1.82) is 0 Å². The van der Waals surface area contributed by atoms with Crippen LogP contribution >= 0.6 is 0 Å². The Morgan fingerprint density at radius 1 is 0.967 bits per heavy atom. The van der Waals surface area contributed by atoms with E-state index in [-0.39, 0.29) is 12.1 Å². The van der Waals surface area contributed by atoms with Crippen LogP contribution in [0.5, 0.6) is 0 Å². The molecular formula is C25H18N2O3. The van der Waals surface area contributed by atoms with Crippen molar-refractivity contribution in [3.8, 4) is 11.3 Å². The molecule has 0 unspecified atom stereocenters. The molecule has 0 spiro atoms. The number of nitrogens with zero attached hydrogens (tertiary/aromatic N) is 2. The fraction of sp³-hybridized carbons (Fsp3) is 0.120. The van der Waals surface area contributed by atoms with Crippen LogP contribution in [0, 0.1) is 0 Å². The van der Waals surface area contributed by atoms with Crippen LogP contribution in [0.25, 0.3) is 27.9 Å². The Kier molecular flexibility index (Phi) is 3.74. The molecule has 0 atom stereocenters. The van der Waals surface area contributed by atoms with Crippen LogP contribution in [0.1, 0.15) is 21.6 Å². The molecular weight excluding hydrogens is 376 g/mol. The third-order valence-corrected chi connectivity index (χ3v) is 5.77. The third-order valence-electron chi connectivity index (χ3n) is 5.77. The molecule has 2 aromatic heterocycles. The van der Waals surface area contributed by atoms with Gasteiger partial charge in [-0.15, -0.1) is 0 Å². The van der Waals surface area contributed by atoms with Crippen LogP contribution in [0.15, 0.2) is 83.6 Å². The molecule has 2 heterocycles. The van der Waals surface area contributed by atoms with Crippen molar-refractivity contribution in [2.24, 2.45) is 0 Å². The summed E-state index contributed by atoms with van der Waals surface area (Å²) in [5.41, 5.74) is 4.30. The number of hydrogen-bond donors (Lipinski definition) is 0. The van der Waals surface area contributed by atoms with E-state index in [9.17, 15) is 4.79 Å². The van der Waals surface area contributed by atoms with E-state index in [4.69, 9.17) is 9.15 Å². The predicted molar refractivity (Wildman–Crippen MR) is 113 cm³/mol. The summed E-state index contributed by atoms with van der Waals surface area (Å²) in [6.07, 6.45) is 4.53. The number of ether oxygens (including phenoxy) is 1. The van der Waals surface area contributed by atoms with Crippen molar-refractivity contribution in [2.75, 3.05) is 0 Å². The summed E-state index contributed by atoms with van der Waals surface area (Å²) in [6, 6.07) is 22.4. The molecule has 0 fully saturated rings. The van der Waals surface area contributed by atoms with Gasteiger partial charge in [0.1, 0.15) is 18.1 Å². The lowest BCUT2D eigenvalue weighted by Gasteiger charge is -2.12. The zero-order valence-corrected chi connectivity index (χ0v) is 16.1. The van der Waals surface area contributed by atoms with Crippen molar-refractivity contribution in [3.63, 3.8) is 0 Å². The number of oxazole rings is 1. The smallest absolute Gasteiger partial charge is 0.358 e. The maximum absolute atomic E-state index is 13.3. The number of aromatic nitrogens is 2. The predicted octanol–water partition coefficient (Wildman–Crippen LogP) is 5.07. The molecule has 5 nitrogen and oxygen atoms in total. The highest BCUT2D eigenvalue weighted by Gasteiger charge is 2.29. The standard InChI is InChI=1S/C25H18N2O3/c28-24(30-21-14-18-7-3-4-8-19(18)15-21)23-22(26-25-27(23)11-12-29-25)20-10-9-16-5-1-2-6-17(16)13-20/h1-13,21H,14-15H2. The number of benzene rings is 3. The summed E-state index contributed by atoms with van der Waals surface area (Å²) in [5, 5.41) is 2.22. The molecule has 30 heavy (non-hydrogen) atoms. The van der Waals surface area contributed by atoms with E-state index in [2.05, 4.69) is 23.2 Å². The summed E-state index contributed by atoms with van der Waals surface area (Å²) in [6.45, 7) is 0. The minimum atomic E-state index is -0.384. The van der Waals surface area contributed by atoms with Gasteiger partial charge in [0.15, 0.2) is 5.69 Å². The summed E-state index contributed by atoms with van der Waals surface area (Å²) in [5.74, 6) is -0.00955. The second-order valence-electron chi connectivity index (χ2n) is 7.63. The van der Waals surface area contributed by atoms with Crippen LogP contribution in [0.2, 0.25) is 0 Å². The molecule has 0 amide bonds. The monoisotopic (exact) mass is 394 g/mol. The normalized spacial score (nSPS) is 13.7. The van der Waals surface area contributed by atoms with Gasteiger partial charge < -0.3 is 9.15 Å². The average molecular weight is 394 g/mol. The molecule has 0 saturated heterocycles. The average Bonchev–Trinajstić information content (AvgIpc) is 3.46. The van der Waals surface area contributed by atoms with E-state index in [0.717, 1.165) is 29.2 Å². The number of hydrogen-bond acceptors (Lipinski definition) is 4. The van der Waals surface area contributed by atoms with E-state index in [0.29, 0.717) is 17.2 Å². The first-order valence-corrected chi connectivity index (χ1v) is 9.99. The maximum Gasteiger partial charge on any atom is 0.358 e. The van der Waals surface area contributed by atoms with Gasteiger partial charge in [0, 0.05) is 24.6 Å². The number of imidazole rings is 1. The molecule has 6 rings (SSSR count). The molecule has 5 aromatic rings. The van der Waals surface area contributed by atoms with Gasteiger partial charge in [-0.3, -0.25) is 4.40 Å². The molecule has 3 aromatic carbocycles. The lowest BCUT2D eigenvalue weighted by atomic mass is 10.0.